The van der Waals surface area contributed by atoms with Crippen molar-refractivity contribution in [3.05, 3.63) is 29.6 Å². The van der Waals surface area contributed by atoms with E-state index in [1.54, 1.807) is 12.1 Å². The Morgan fingerprint density at radius 2 is 2.29 bits per heavy atom. The molecule has 1 aromatic rings. The Labute approximate surface area is 103 Å². The topological polar surface area (TPSA) is 29.3 Å². The van der Waals surface area contributed by atoms with Crippen LogP contribution in [0.3, 0.4) is 0 Å². The Morgan fingerprint density at radius 3 is 3.00 bits per heavy atom. The third-order valence-corrected chi connectivity index (χ3v) is 3.54. The van der Waals surface area contributed by atoms with Crippen molar-refractivity contribution < 1.29 is 4.39 Å². The van der Waals surface area contributed by atoms with Crippen molar-refractivity contribution in [1.29, 1.82) is 0 Å². The van der Waals surface area contributed by atoms with Crippen molar-refractivity contribution in [1.82, 2.24) is 4.90 Å². The number of nitrogen functional groups attached to an aromatic ring is 1. The second-order valence-corrected chi connectivity index (χ2v) is 5.03. The van der Waals surface area contributed by atoms with Gasteiger partial charge in [0.25, 0.3) is 0 Å². The van der Waals surface area contributed by atoms with Gasteiger partial charge in [-0.1, -0.05) is 19.4 Å². The van der Waals surface area contributed by atoms with Gasteiger partial charge in [0.05, 0.1) is 5.69 Å². The van der Waals surface area contributed by atoms with Crippen LogP contribution in [0.5, 0.6) is 0 Å². The van der Waals surface area contributed by atoms with E-state index >= 15 is 0 Å². The number of hydrogen-bond acceptors (Lipinski definition) is 2. The first-order chi connectivity index (χ1) is 8.19. The Morgan fingerprint density at radius 1 is 1.47 bits per heavy atom. The predicted molar refractivity (Wildman–Crippen MR) is 69.1 cm³/mol. The van der Waals surface area contributed by atoms with Crippen molar-refractivity contribution in [3.63, 3.8) is 0 Å². The third kappa shape index (κ3) is 3.19. The van der Waals surface area contributed by atoms with Crippen LogP contribution >= 0.6 is 0 Å². The molecule has 94 valence electrons. The van der Waals surface area contributed by atoms with Crippen molar-refractivity contribution in [2.24, 2.45) is 5.92 Å². The standard InChI is InChI=1S/C14H21FN2/c1-2-3-11-6-7-17(9-11)10-12-4-5-14(16)13(15)8-12/h4-5,8,11H,2-3,6-7,9-10,16H2,1H3. The van der Waals surface area contributed by atoms with Gasteiger partial charge in [-0.25, -0.2) is 4.39 Å². The van der Waals surface area contributed by atoms with Gasteiger partial charge in [0, 0.05) is 13.1 Å². The molecule has 1 saturated heterocycles. The molecule has 3 heteroatoms. The average molecular weight is 236 g/mol. The molecule has 2 nitrogen and oxygen atoms in total. The van der Waals surface area contributed by atoms with Crippen LogP contribution in [0.15, 0.2) is 18.2 Å². The molecule has 1 aliphatic rings. The molecule has 0 bridgehead atoms. The maximum Gasteiger partial charge on any atom is 0.146 e. The van der Waals surface area contributed by atoms with Crippen LogP contribution in [0.25, 0.3) is 0 Å². The second-order valence-electron chi connectivity index (χ2n) is 5.03. The highest BCUT2D eigenvalue weighted by molar-refractivity contribution is 5.41. The van der Waals surface area contributed by atoms with E-state index in [0.717, 1.165) is 31.1 Å². The van der Waals surface area contributed by atoms with Crippen LogP contribution in [0, 0.1) is 11.7 Å². The van der Waals surface area contributed by atoms with Crippen LogP contribution in [-0.2, 0) is 6.54 Å². The molecule has 1 unspecified atom stereocenters. The third-order valence-electron chi connectivity index (χ3n) is 3.54. The summed E-state index contributed by atoms with van der Waals surface area (Å²) >= 11 is 0. The normalized spacial score (nSPS) is 20.9. The first-order valence-electron chi connectivity index (χ1n) is 6.45. The van der Waals surface area contributed by atoms with E-state index in [2.05, 4.69) is 11.8 Å². The first kappa shape index (κ1) is 12.4. The summed E-state index contributed by atoms with van der Waals surface area (Å²) in [6.07, 6.45) is 3.85. The SMILES string of the molecule is CCCC1CCN(Cc2ccc(N)c(F)c2)C1. The summed E-state index contributed by atoms with van der Waals surface area (Å²) in [5, 5.41) is 0. The van der Waals surface area contributed by atoms with Crippen LogP contribution in [0.4, 0.5) is 10.1 Å². The van der Waals surface area contributed by atoms with Gasteiger partial charge in [0.1, 0.15) is 5.82 Å². The second kappa shape index (κ2) is 5.50. The molecule has 0 spiro atoms. The fraction of sp³-hybridized carbons (Fsp3) is 0.571. The van der Waals surface area contributed by atoms with Gasteiger partial charge in [-0.3, -0.25) is 4.90 Å². The number of nitrogens with two attached hydrogens (primary N) is 1. The Balaban J connectivity index is 1.91. The molecule has 1 fully saturated rings. The van der Waals surface area contributed by atoms with Gasteiger partial charge < -0.3 is 5.73 Å². The first-order valence-corrected chi connectivity index (χ1v) is 6.45. The summed E-state index contributed by atoms with van der Waals surface area (Å²) in [5.41, 5.74) is 6.73. The number of likely N-dealkylation sites (tertiary alicyclic amines) is 1. The van der Waals surface area contributed by atoms with Gasteiger partial charge in [-0.05, 0) is 43.0 Å². The number of anilines is 1. The number of benzene rings is 1. The predicted octanol–water partition coefficient (Wildman–Crippen LogP) is 3.03. The zero-order chi connectivity index (χ0) is 12.3. The summed E-state index contributed by atoms with van der Waals surface area (Å²) in [7, 11) is 0. The van der Waals surface area contributed by atoms with Crippen LogP contribution in [0.2, 0.25) is 0 Å². The molecule has 0 aliphatic carbocycles. The fourth-order valence-corrected chi connectivity index (χ4v) is 2.63. The van der Waals surface area contributed by atoms with Gasteiger partial charge in [0.15, 0.2) is 0 Å². The molecule has 0 aromatic heterocycles. The minimum Gasteiger partial charge on any atom is -0.396 e. The Kier molecular flexibility index (Phi) is 4.00. The minimum absolute atomic E-state index is 0.235. The van der Waals surface area contributed by atoms with Gasteiger partial charge in [0.2, 0.25) is 0 Å². The lowest BCUT2D eigenvalue weighted by Gasteiger charge is -2.16. The highest BCUT2D eigenvalue weighted by atomic mass is 19.1. The van der Waals surface area contributed by atoms with E-state index in [-0.39, 0.29) is 11.5 Å². The molecule has 1 heterocycles. The van der Waals surface area contributed by atoms with E-state index in [4.69, 9.17) is 5.73 Å². The monoisotopic (exact) mass is 236 g/mol. The van der Waals surface area contributed by atoms with Gasteiger partial charge in [-0.2, -0.15) is 0 Å². The molecule has 17 heavy (non-hydrogen) atoms. The molecule has 0 amide bonds. The summed E-state index contributed by atoms with van der Waals surface area (Å²) in [6, 6.07) is 5.14. The number of nitrogens with zero attached hydrogens (tertiary/aromatic N) is 1. The highest BCUT2D eigenvalue weighted by Crippen LogP contribution is 2.23. The molecular weight excluding hydrogens is 215 g/mol. The quantitative estimate of drug-likeness (QED) is 0.814. The average Bonchev–Trinajstić information content (AvgIpc) is 2.72. The van der Waals surface area contributed by atoms with Gasteiger partial charge >= 0.3 is 0 Å². The minimum atomic E-state index is -0.299. The van der Waals surface area contributed by atoms with Crippen molar-refractivity contribution >= 4 is 5.69 Å². The van der Waals surface area contributed by atoms with Crippen LogP contribution < -0.4 is 5.73 Å². The number of rotatable bonds is 4. The smallest absolute Gasteiger partial charge is 0.146 e. The molecule has 1 atom stereocenters. The summed E-state index contributed by atoms with van der Waals surface area (Å²) < 4.78 is 13.3. The summed E-state index contributed by atoms with van der Waals surface area (Å²) in [4.78, 5) is 2.41. The summed E-state index contributed by atoms with van der Waals surface area (Å²) in [6.45, 7) is 5.37. The Bertz CT molecular complexity index is 378. The maximum absolute atomic E-state index is 13.3. The van der Waals surface area contributed by atoms with Crippen molar-refractivity contribution in [3.8, 4) is 0 Å². The van der Waals surface area contributed by atoms with E-state index in [0.29, 0.717) is 0 Å². The maximum atomic E-state index is 13.3. The highest BCUT2D eigenvalue weighted by Gasteiger charge is 2.21. The lowest BCUT2D eigenvalue weighted by atomic mass is 10.0. The largest absolute Gasteiger partial charge is 0.396 e. The zero-order valence-electron chi connectivity index (χ0n) is 10.5. The molecule has 2 rings (SSSR count). The number of hydrogen-bond donors (Lipinski definition) is 1. The lowest BCUT2D eigenvalue weighted by molar-refractivity contribution is 0.312. The van der Waals surface area contributed by atoms with Gasteiger partial charge in [-0.15, -0.1) is 0 Å². The van der Waals surface area contributed by atoms with E-state index < -0.39 is 0 Å². The molecular formula is C14H21FN2. The van der Waals surface area contributed by atoms with Crippen molar-refractivity contribution in [2.75, 3.05) is 18.8 Å². The fourth-order valence-electron chi connectivity index (χ4n) is 2.63. The van der Waals surface area contributed by atoms with E-state index in [1.165, 1.54) is 19.3 Å². The molecule has 1 aliphatic heterocycles. The van der Waals surface area contributed by atoms with E-state index in [1.807, 2.05) is 6.07 Å². The molecule has 0 radical (unpaired) electrons. The number of halogens is 1. The van der Waals surface area contributed by atoms with E-state index in [9.17, 15) is 4.39 Å². The molecule has 2 N–H and O–H groups in total. The molecule has 0 saturated carbocycles. The van der Waals surface area contributed by atoms with Crippen LogP contribution in [0.1, 0.15) is 31.7 Å². The Hall–Kier alpha value is -1.09. The lowest BCUT2D eigenvalue weighted by Crippen LogP contribution is -2.20. The summed E-state index contributed by atoms with van der Waals surface area (Å²) in [5.74, 6) is 0.533. The zero-order valence-corrected chi connectivity index (χ0v) is 10.5. The molecule has 1 aromatic carbocycles. The van der Waals surface area contributed by atoms with Crippen LogP contribution in [-0.4, -0.2) is 18.0 Å². The van der Waals surface area contributed by atoms with Crippen molar-refractivity contribution in [2.45, 2.75) is 32.7 Å².